The third kappa shape index (κ3) is 3.29. The molecule has 1 nitrogen and oxygen atoms in total. The van der Waals surface area contributed by atoms with E-state index in [1.54, 1.807) is 0 Å². The number of halogens is 3. The molecule has 1 fully saturated rings. The molecule has 0 amide bonds. The van der Waals surface area contributed by atoms with Gasteiger partial charge in [-0.05, 0) is 64.8 Å². The highest BCUT2D eigenvalue weighted by Gasteiger charge is 2.27. The number of hydrogen-bond acceptors (Lipinski definition) is 1. The molecule has 0 heterocycles. The Bertz CT molecular complexity index is 442. The predicted octanol–water partition coefficient (Wildman–Crippen LogP) is 4.15. The highest BCUT2D eigenvalue weighted by Crippen LogP contribution is 2.32. The monoisotopic (exact) mass is 317 g/mol. The molecule has 1 aliphatic carbocycles. The minimum Gasteiger partial charge on any atom is -0.314 e. The fourth-order valence-corrected chi connectivity index (χ4v) is 2.37. The summed E-state index contributed by atoms with van der Waals surface area (Å²) in [4.78, 5) is 0. The van der Waals surface area contributed by atoms with Gasteiger partial charge in [0, 0.05) is 6.04 Å². The molecule has 2 rings (SSSR count). The van der Waals surface area contributed by atoms with Crippen LogP contribution in [0.2, 0.25) is 0 Å². The molecule has 18 heavy (non-hydrogen) atoms. The topological polar surface area (TPSA) is 12.0 Å². The molecule has 0 spiro atoms. The van der Waals surface area contributed by atoms with Crippen LogP contribution in [0.5, 0.6) is 0 Å². The van der Waals surface area contributed by atoms with Gasteiger partial charge in [-0.2, -0.15) is 0 Å². The van der Waals surface area contributed by atoms with E-state index in [0.29, 0.717) is 11.6 Å². The summed E-state index contributed by atoms with van der Waals surface area (Å²) in [7, 11) is 0. The van der Waals surface area contributed by atoms with E-state index in [2.05, 4.69) is 21.2 Å². The van der Waals surface area contributed by atoms with Gasteiger partial charge >= 0.3 is 0 Å². The Balaban J connectivity index is 2.09. The second kappa shape index (κ2) is 5.25. The van der Waals surface area contributed by atoms with Crippen LogP contribution in [0.1, 0.15) is 38.7 Å². The largest absolute Gasteiger partial charge is 0.314 e. The summed E-state index contributed by atoms with van der Waals surface area (Å²) in [6.45, 7) is 4.75. The molecule has 0 aliphatic heterocycles. The lowest BCUT2D eigenvalue weighted by molar-refractivity contribution is 0.429. The Morgan fingerprint density at radius 2 is 1.94 bits per heavy atom. The van der Waals surface area contributed by atoms with Crippen molar-refractivity contribution in [3.8, 4) is 0 Å². The van der Waals surface area contributed by atoms with Crippen molar-refractivity contribution >= 4 is 15.9 Å². The van der Waals surface area contributed by atoms with Crippen molar-refractivity contribution in [3.63, 3.8) is 0 Å². The molecule has 100 valence electrons. The Morgan fingerprint density at radius 3 is 2.56 bits per heavy atom. The second-order valence-electron chi connectivity index (χ2n) is 5.61. The van der Waals surface area contributed by atoms with Crippen LogP contribution >= 0.6 is 15.9 Å². The minimum atomic E-state index is -0.408. The van der Waals surface area contributed by atoms with E-state index in [9.17, 15) is 8.78 Å². The molecule has 0 bridgehead atoms. The molecule has 0 aromatic heterocycles. The summed E-state index contributed by atoms with van der Waals surface area (Å²) in [5, 5.41) is 3.40. The summed E-state index contributed by atoms with van der Waals surface area (Å²) in [5.41, 5.74) is 0.0776. The molecule has 1 aliphatic rings. The van der Waals surface area contributed by atoms with Crippen LogP contribution in [0, 0.1) is 11.6 Å². The molecular formula is C14H18BrF2N. The maximum absolute atomic E-state index is 13.9. The lowest BCUT2D eigenvalue weighted by atomic mass is 9.81. The van der Waals surface area contributed by atoms with Gasteiger partial charge in [-0.15, -0.1) is 0 Å². The first-order chi connectivity index (χ1) is 8.40. The average molecular weight is 318 g/mol. The van der Waals surface area contributed by atoms with Crippen molar-refractivity contribution in [1.29, 1.82) is 0 Å². The highest BCUT2D eigenvalue weighted by molar-refractivity contribution is 9.10. The van der Waals surface area contributed by atoms with Crippen molar-refractivity contribution in [2.75, 3.05) is 6.54 Å². The maximum Gasteiger partial charge on any atom is 0.137 e. The molecule has 0 radical (unpaired) electrons. The predicted molar refractivity (Wildman–Crippen MR) is 72.7 cm³/mol. The summed E-state index contributed by atoms with van der Waals surface area (Å²) >= 11 is 3.00. The Labute approximate surface area is 115 Å². The van der Waals surface area contributed by atoms with Crippen molar-refractivity contribution in [1.82, 2.24) is 5.32 Å². The summed E-state index contributed by atoms with van der Waals surface area (Å²) < 4.78 is 27.6. The molecule has 4 heteroatoms. The Hall–Kier alpha value is -0.480. The van der Waals surface area contributed by atoms with E-state index in [4.69, 9.17) is 0 Å². The quantitative estimate of drug-likeness (QED) is 0.804. The summed E-state index contributed by atoms with van der Waals surface area (Å²) in [5.74, 6) is -0.755. The van der Waals surface area contributed by atoms with Crippen LogP contribution in [0.15, 0.2) is 16.6 Å². The molecular weight excluding hydrogens is 300 g/mol. The number of rotatable bonds is 5. The lowest BCUT2D eigenvalue weighted by Gasteiger charge is -2.26. The molecule has 0 unspecified atom stereocenters. The first kappa shape index (κ1) is 13.9. The van der Waals surface area contributed by atoms with E-state index < -0.39 is 5.82 Å². The van der Waals surface area contributed by atoms with Gasteiger partial charge in [0.2, 0.25) is 0 Å². The average Bonchev–Trinajstić information content (AvgIpc) is 3.07. The fourth-order valence-electron chi connectivity index (χ4n) is 2.05. The van der Waals surface area contributed by atoms with Crippen LogP contribution in [0.4, 0.5) is 8.78 Å². The van der Waals surface area contributed by atoms with E-state index in [1.165, 1.54) is 25.0 Å². The standard InChI is InChI=1S/C14H18BrF2N/c1-14(2,5-6-18-9-3-4-9)10-7-13(17)11(15)8-12(10)16/h7-9,18H,3-6H2,1-2H3. The van der Waals surface area contributed by atoms with Crippen molar-refractivity contribution < 1.29 is 8.78 Å². The van der Waals surface area contributed by atoms with Gasteiger partial charge in [-0.3, -0.25) is 0 Å². The van der Waals surface area contributed by atoms with E-state index in [-0.39, 0.29) is 15.7 Å². The Kier molecular flexibility index (Phi) is 4.07. The summed E-state index contributed by atoms with van der Waals surface area (Å²) in [6, 6.07) is 3.16. The second-order valence-corrected chi connectivity index (χ2v) is 6.46. The zero-order valence-electron chi connectivity index (χ0n) is 10.7. The maximum atomic E-state index is 13.9. The Morgan fingerprint density at radius 1 is 1.28 bits per heavy atom. The smallest absolute Gasteiger partial charge is 0.137 e. The van der Waals surface area contributed by atoms with Gasteiger partial charge in [0.15, 0.2) is 0 Å². The number of hydrogen-bond donors (Lipinski definition) is 1. The molecule has 1 saturated carbocycles. The summed E-state index contributed by atoms with van der Waals surface area (Å²) in [6.07, 6.45) is 3.27. The zero-order valence-corrected chi connectivity index (χ0v) is 12.3. The normalized spacial score (nSPS) is 16.1. The van der Waals surface area contributed by atoms with E-state index in [1.807, 2.05) is 13.8 Å². The first-order valence-corrected chi connectivity index (χ1v) is 7.08. The van der Waals surface area contributed by atoms with Gasteiger partial charge in [0.25, 0.3) is 0 Å². The molecule has 0 saturated heterocycles. The molecule has 1 N–H and O–H groups in total. The van der Waals surface area contributed by atoms with Gasteiger partial charge < -0.3 is 5.32 Å². The van der Waals surface area contributed by atoms with Crippen LogP contribution < -0.4 is 5.32 Å². The van der Waals surface area contributed by atoms with Crippen molar-refractivity contribution in [2.24, 2.45) is 0 Å². The number of nitrogens with one attached hydrogen (secondary N) is 1. The van der Waals surface area contributed by atoms with Gasteiger partial charge in [0.05, 0.1) is 4.47 Å². The van der Waals surface area contributed by atoms with Crippen LogP contribution in [-0.2, 0) is 5.41 Å². The van der Waals surface area contributed by atoms with E-state index >= 15 is 0 Å². The van der Waals surface area contributed by atoms with Gasteiger partial charge in [0.1, 0.15) is 11.6 Å². The zero-order chi connectivity index (χ0) is 13.3. The van der Waals surface area contributed by atoms with Gasteiger partial charge in [-0.1, -0.05) is 13.8 Å². The van der Waals surface area contributed by atoms with Crippen LogP contribution in [0.3, 0.4) is 0 Å². The fraction of sp³-hybridized carbons (Fsp3) is 0.571. The molecule has 0 atom stereocenters. The first-order valence-electron chi connectivity index (χ1n) is 6.28. The van der Waals surface area contributed by atoms with Crippen molar-refractivity contribution in [3.05, 3.63) is 33.8 Å². The van der Waals surface area contributed by atoms with Crippen LogP contribution in [-0.4, -0.2) is 12.6 Å². The van der Waals surface area contributed by atoms with Gasteiger partial charge in [-0.25, -0.2) is 8.78 Å². The van der Waals surface area contributed by atoms with Crippen LogP contribution in [0.25, 0.3) is 0 Å². The molecule has 1 aromatic carbocycles. The highest BCUT2D eigenvalue weighted by atomic mass is 79.9. The van der Waals surface area contributed by atoms with Crippen molar-refractivity contribution in [2.45, 2.75) is 44.6 Å². The third-order valence-electron chi connectivity index (χ3n) is 3.50. The third-order valence-corrected chi connectivity index (χ3v) is 4.11. The SMILES string of the molecule is CC(C)(CCNC1CC1)c1cc(F)c(Br)cc1F. The number of benzene rings is 1. The lowest BCUT2D eigenvalue weighted by Crippen LogP contribution is -2.27. The minimum absolute atomic E-state index is 0.177. The van der Waals surface area contributed by atoms with E-state index in [0.717, 1.165) is 13.0 Å². The molecule has 1 aromatic rings.